The molecule has 3 fully saturated rings. The van der Waals surface area contributed by atoms with Gasteiger partial charge in [0, 0.05) is 0 Å². The smallest absolute Gasteiger partial charge is 0.428 e. The van der Waals surface area contributed by atoms with E-state index >= 15 is 0 Å². The number of nitrogens with two attached hydrogens (primary N) is 1. The van der Waals surface area contributed by atoms with Gasteiger partial charge < -0.3 is 30.2 Å². The molecule has 2 aliphatic carbocycles. The topological polar surface area (TPSA) is 165 Å². The Balaban J connectivity index is 1.32. The zero-order chi connectivity index (χ0) is 23.4. The number of hydrogen-bond acceptors (Lipinski definition) is 10. The van der Waals surface area contributed by atoms with Gasteiger partial charge in [0.1, 0.15) is 35.7 Å². The van der Waals surface area contributed by atoms with Crippen molar-refractivity contribution >= 4 is 17.5 Å². The number of carbonyl (C=O) groups excluding carboxylic acids is 1. The lowest BCUT2D eigenvalue weighted by molar-refractivity contribution is -0.120. The standard InChI is InChI=1S/C22H27N5O6/c1-20(9-5-3-2-4-6-10-20)33-19(29)31-15-16-22(15,30)18(28)21(11-23,32-16)14-8-7-13-17(24)25-12-26-27(13)14/h7-8,12,15-16,18,28,30H,2-6,9-10H2,1H3,(H2,24,25,26)/t15?,16-,18+,21+,22-/m1/s1. The van der Waals surface area contributed by atoms with Gasteiger partial charge in [-0.25, -0.2) is 14.3 Å². The molecule has 5 rings (SSSR count). The first-order valence-corrected chi connectivity index (χ1v) is 11.2. The minimum Gasteiger partial charge on any atom is -0.428 e. The lowest BCUT2D eigenvalue weighted by atomic mass is 9.88. The first kappa shape index (κ1) is 21.9. The Morgan fingerprint density at radius 1 is 1.30 bits per heavy atom. The minimum atomic E-state index is -1.95. The van der Waals surface area contributed by atoms with Crippen molar-refractivity contribution in [2.24, 2.45) is 0 Å². The Morgan fingerprint density at radius 3 is 2.64 bits per heavy atom. The number of fused-ring (bicyclic) bond motifs is 2. The quantitative estimate of drug-likeness (QED) is 0.576. The summed E-state index contributed by atoms with van der Waals surface area (Å²) in [7, 11) is 0. The fourth-order valence-electron chi connectivity index (χ4n) is 5.21. The maximum atomic E-state index is 12.5. The van der Waals surface area contributed by atoms with E-state index in [4.69, 9.17) is 19.9 Å². The summed E-state index contributed by atoms with van der Waals surface area (Å²) in [6, 6.07) is 5.08. The normalized spacial score (nSPS) is 35.2. The third kappa shape index (κ3) is 3.24. The molecule has 2 aromatic heterocycles. The van der Waals surface area contributed by atoms with Gasteiger partial charge in [0.2, 0.25) is 5.60 Å². The van der Waals surface area contributed by atoms with Crippen LogP contribution >= 0.6 is 0 Å². The van der Waals surface area contributed by atoms with Crippen LogP contribution in [0.15, 0.2) is 18.5 Å². The van der Waals surface area contributed by atoms with E-state index in [-0.39, 0.29) is 11.5 Å². The van der Waals surface area contributed by atoms with Gasteiger partial charge >= 0.3 is 6.16 Å². The third-order valence-corrected chi connectivity index (χ3v) is 7.21. The van der Waals surface area contributed by atoms with E-state index in [2.05, 4.69) is 10.1 Å². The summed E-state index contributed by atoms with van der Waals surface area (Å²) in [5.74, 6) is 0.187. The highest BCUT2D eigenvalue weighted by Gasteiger charge is 2.84. The number of aliphatic hydroxyl groups is 2. The predicted octanol–water partition coefficient (Wildman–Crippen LogP) is 1.56. The fraction of sp³-hybridized carbons (Fsp3) is 0.636. The highest BCUT2D eigenvalue weighted by molar-refractivity contribution is 5.66. The highest BCUT2D eigenvalue weighted by Crippen LogP contribution is 2.59. The first-order chi connectivity index (χ1) is 15.7. The first-order valence-electron chi connectivity index (χ1n) is 11.2. The summed E-state index contributed by atoms with van der Waals surface area (Å²) in [4.78, 5) is 16.4. The molecule has 0 spiro atoms. The molecule has 0 amide bonds. The molecule has 33 heavy (non-hydrogen) atoms. The molecule has 0 bridgehead atoms. The van der Waals surface area contributed by atoms with E-state index in [0.717, 1.165) is 38.5 Å². The Labute approximate surface area is 190 Å². The van der Waals surface area contributed by atoms with Crippen molar-refractivity contribution in [2.45, 2.75) is 87.0 Å². The van der Waals surface area contributed by atoms with E-state index < -0.39 is 41.3 Å². The highest BCUT2D eigenvalue weighted by atomic mass is 16.8. The average molecular weight is 457 g/mol. The second kappa shape index (κ2) is 7.55. The predicted molar refractivity (Wildman–Crippen MR) is 113 cm³/mol. The number of anilines is 1. The number of nitrogen functional groups attached to an aromatic ring is 1. The van der Waals surface area contributed by atoms with Crippen LogP contribution in [0.4, 0.5) is 10.6 Å². The molecule has 5 atom stereocenters. The van der Waals surface area contributed by atoms with Crippen molar-refractivity contribution in [1.82, 2.24) is 14.6 Å². The molecular weight excluding hydrogens is 430 g/mol. The van der Waals surface area contributed by atoms with Crippen LogP contribution in [-0.4, -0.2) is 60.5 Å². The Bertz CT molecular complexity index is 1120. The summed E-state index contributed by atoms with van der Waals surface area (Å²) in [5.41, 5.74) is 1.96. The minimum absolute atomic E-state index is 0.186. The Kier molecular flexibility index (Phi) is 5.00. The Morgan fingerprint density at radius 2 is 2.00 bits per heavy atom. The van der Waals surface area contributed by atoms with Gasteiger partial charge in [-0.2, -0.15) is 10.4 Å². The lowest BCUT2D eigenvalue weighted by Gasteiger charge is -2.32. The van der Waals surface area contributed by atoms with Gasteiger partial charge in [-0.05, 0) is 44.7 Å². The van der Waals surface area contributed by atoms with Crippen molar-refractivity contribution < 1.29 is 29.2 Å². The molecule has 2 saturated carbocycles. The van der Waals surface area contributed by atoms with Crippen LogP contribution in [0.2, 0.25) is 0 Å². The van der Waals surface area contributed by atoms with E-state index in [1.54, 1.807) is 6.07 Å². The van der Waals surface area contributed by atoms with Gasteiger partial charge in [-0.15, -0.1) is 0 Å². The van der Waals surface area contributed by atoms with E-state index in [0.29, 0.717) is 5.52 Å². The number of aromatic nitrogens is 3. The summed E-state index contributed by atoms with van der Waals surface area (Å²) in [6.45, 7) is 1.89. The van der Waals surface area contributed by atoms with Crippen LogP contribution in [-0.2, 0) is 19.8 Å². The summed E-state index contributed by atoms with van der Waals surface area (Å²) in [6.07, 6.45) is 3.14. The number of nitriles is 1. The number of carbonyl (C=O) groups is 1. The summed E-state index contributed by atoms with van der Waals surface area (Å²) >= 11 is 0. The fourth-order valence-corrected chi connectivity index (χ4v) is 5.21. The number of nitrogens with zero attached hydrogens (tertiary/aromatic N) is 4. The van der Waals surface area contributed by atoms with Crippen molar-refractivity contribution in [3.8, 4) is 6.07 Å². The zero-order valence-electron chi connectivity index (χ0n) is 18.3. The molecule has 11 nitrogen and oxygen atoms in total. The summed E-state index contributed by atoms with van der Waals surface area (Å²) in [5, 5.41) is 36.1. The van der Waals surface area contributed by atoms with Crippen LogP contribution in [0.3, 0.4) is 0 Å². The van der Waals surface area contributed by atoms with Gasteiger partial charge in [-0.1, -0.05) is 19.3 Å². The second-order valence-electron chi connectivity index (χ2n) is 9.44. The molecule has 1 unspecified atom stereocenters. The molecule has 11 heteroatoms. The van der Waals surface area contributed by atoms with Gasteiger partial charge in [0.15, 0.2) is 17.5 Å². The number of hydrogen-bond donors (Lipinski definition) is 3. The monoisotopic (exact) mass is 457 g/mol. The summed E-state index contributed by atoms with van der Waals surface area (Å²) < 4.78 is 18.1. The molecule has 1 aliphatic heterocycles. The Hall–Kier alpha value is -2.94. The molecular formula is C22H27N5O6. The SMILES string of the molecule is CC1(OC(=O)OC2[C@H]3O[C@@](C#N)(c4ccc5c(N)ncnn45)[C@H](O)[C@@]23O)CCCCCCC1. The molecule has 176 valence electrons. The van der Waals surface area contributed by atoms with Crippen molar-refractivity contribution in [1.29, 1.82) is 5.26 Å². The van der Waals surface area contributed by atoms with Gasteiger partial charge in [0.25, 0.3) is 0 Å². The number of rotatable bonds is 3. The maximum Gasteiger partial charge on any atom is 0.509 e. The van der Waals surface area contributed by atoms with Gasteiger partial charge in [-0.3, -0.25) is 0 Å². The molecule has 0 aromatic carbocycles. The number of ether oxygens (including phenoxy) is 3. The van der Waals surface area contributed by atoms with E-state index in [9.17, 15) is 20.3 Å². The lowest BCUT2D eigenvalue weighted by Crippen LogP contribution is -2.48. The molecule has 4 N–H and O–H groups in total. The van der Waals surface area contributed by atoms with Crippen LogP contribution in [0.5, 0.6) is 0 Å². The molecule has 3 heterocycles. The van der Waals surface area contributed by atoms with Crippen LogP contribution in [0, 0.1) is 11.3 Å². The van der Waals surface area contributed by atoms with Crippen molar-refractivity contribution in [2.75, 3.05) is 5.73 Å². The maximum absolute atomic E-state index is 12.5. The number of aliphatic hydroxyl groups excluding tert-OH is 1. The largest absolute Gasteiger partial charge is 0.509 e. The molecule has 3 aliphatic rings. The average Bonchev–Trinajstić information content (AvgIpc) is 3.05. The van der Waals surface area contributed by atoms with Crippen molar-refractivity contribution in [3.63, 3.8) is 0 Å². The van der Waals surface area contributed by atoms with E-state index in [1.807, 2.05) is 13.0 Å². The third-order valence-electron chi connectivity index (χ3n) is 7.21. The molecule has 0 radical (unpaired) electrons. The second-order valence-corrected chi connectivity index (χ2v) is 9.44. The van der Waals surface area contributed by atoms with Crippen LogP contribution in [0.1, 0.15) is 57.6 Å². The van der Waals surface area contributed by atoms with Gasteiger partial charge in [0.05, 0.1) is 5.69 Å². The molecule has 1 saturated heterocycles. The zero-order valence-corrected chi connectivity index (χ0v) is 18.3. The van der Waals surface area contributed by atoms with Crippen LogP contribution in [0.25, 0.3) is 5.52 Å². The molecule has 2 aromatic rings. The van der Waals surface area contributed by atoms with Crippen LogP contribution < -0.4 is 5.73 Å². The van der Waals surface area contributed by atoms with E-state index in [1.165, 1.54) is 23.3 Å². The van der Waals surface area contributed by atoms with Crippen molar-refractivity contribution in [3.05, 3.63) is 24.2 Å².